The zero-order valence-electron chi connectivity index (χ0n) is 7.74. The lowest BCUT2D eigenvalue weighted by atomic mass is 10.1. The third kappa shape index (κ3) is 2.50. The van der Waals surface area contributed by atoms with Gasteiger partial charge in [0, 0.05) is 17.8 Å². The number of carboxylic acid groups (broad SMARTS) is 1. The number of rotatable bonds is 3. The number of aromatic nitrogens is 2. The van der Waals surface area contributed by atoms with Crippen molar-refractivity contribution >= 4 is 5.97 Å². The first-order valence-corrected chi connectivity index (χ1v) is 4.10. The summed E-state index contributed by atoms with van der Waals surface area (Å²) in [4.78, 5) is 18.4. The summed E-state index contributed by atoms with van der Waals surface area (Å²) >= 11 is 0. The van der Waals surface area contributed by atoms with Crippen molar-refractivity contribution < 1.29 is 9.90 Å². The first-order chi connectivity index (χ1) is 6.11. The molecule has 4 nitrogen and oxygen atoms in total. The second-order valence-electron chi connectivity index (χ2n) is 2.92. The van der Waals surface area contributed by atoms with Gasteiger partial charge in [-0.05, 0) is 25.8 Å². The molecule has 0 aromatic carbocycles. The van der Waals surface area contributed by atoms with Crippen LogP contribution in [0.5, 0.6) is 0 Å². The van der Waals surface area contributed by atoms with Crippen LogP contribution in [0.4, 0.5) is 0 Å². The molecule has 0 unspecified atom stereocenters. The lowest BCUT2D eigenvalue weighted by Gasteiger charge is -2.05. The van der Waals surface area contributed by atoms with E-state index in [-0.39, 0.29) is 6.42 Å². The van der Waals surface area contributed by atoms with E-state index in [9.17, 15) is 4.79 Å². The van der Waals surface area contributed by atoms with Crippen LogP contribution in [0.15, 0.2) is 6.33 Å². The maximum Gasteiger partial charge on any atom is 0.303 e. The number of nitrogens with zero attached hydrogens (tertiary/aromatic N) is 2. The van der Waals surface area contributed by atoms with Crippen LogP contribution in [-0.4, -0.2) is 21.0 Å². The summed E-state index contributed by atoms with van der Waals surface area (Å²) < 4.78 is 0. The molecule has 1 rings (SSSR count). The van der Waals surface area contributed by atoms with Crippen molar-refractivity contribution in [3.63, 3.8) is 0 Å². The molecule has 4 heteroatoms. The molecule has 0 spiro atoms. The van der Waals surface area contributed by atoms with Crippen LogP contribution in [-0.2, 0) is 11.2 Å². The fraction of sp³-hybridized carbons (Fsp3) is 0.444. The Labute approximate surface area is 76.7 Å². The van der Waals surface area contributed by atoms with Crippen molar-refractivity contribution in [3.8, 4) is 0 Å². The molecule has 1 N–H and O–H groups in total. The molecule has 0 amide bonds. The number of aliphatic carboxylic acids is 1. The standard InChI is InChI=1S/C9H12N2O2/c1-6-8(3-4-9(12)13)7(2)11-5-10-6/h5H,3-4H2,1-2H3,(H,12,13). The number of carbonyl (C=O) groups is 1. The van der Waals surface area contributed by atoms with Gasteiger partial charge in [-0.25, -0.2) is 9.97 Å². The second kappa shape index (κ2) is 3.98. The van der Waals surface area contributed by atoms with Crippen LogP contribution in [0.2, 0.25) is 0 Å². The lowest BCUT2D eigenvalue weighted by Crippen LogP contribution is -2.03. The molecule has 0 saturated carbocycles. The Hall–Kier alpha value is -1.45. The van der Waals surface area contributed by atoms with E-state index in [4.69, 9.17) is 5.11 Å². The van der Waals surface area contributed by atoms with Gasteiger partial charge >= 0.3 is 5.97 Å². The molecule has 70 valence electrons. The predicted octanol–water partition coefficient (Wildman–Crippen LogP) is 1.11. The first-order valence-electron chi connectivity index (χ1n) is 4.10. The van der Waals surface area contributed by atoms with Gasteiger partial charge in [-0.15, -0.1) is 0 Å². The molecule has 1 aromatic heterocycles. The Bertz CT molecular complexity index is 303. The number of hydrogen-bond acceptors (Lipinski definition) is 3. The molecule has 0 aliphatic heterocycles. The highest BCUT2D eigenvalue weighted by Gasteiger charge is 2.06. The minimum atomic E-state index is -0.789. The Balaban J connectivity index is 2.81. The van der Waals surface area contributed by atoms with Crippen molar-refractivity contribution in [1.29, 1.82) is 0 Å². The Morgan fingerprint density at radius 3 is 2.38 bits per heavy atom. The summed E-state index contributed by atoms with van der Waals surface area (Å²) in [6.07, 6.45) is 2.14. The maximum absolute atomic E-state index is 10.4. The van der Waals surface area contributed by atoms with Crippen molar-refractivity contribution in [1.82, 2.24) is 9.97 Å². The van der Waals surface area contributed by atoms with Crippen LogP contribution in [0, 0.1) is 13.8 Å². The molecule has 1 aromatic rings. The highest BCUT2D eigenvalue weighted by molar-refractivity contribution is 5.67. The summed E-state index contributed by atoms with van der Waals surface area (Å²) in [5, 5.41) is 8.52. The SMILES string of the molecule is Cc1ncnc(C)c1CCC(=O)O. The predicted molar refractivity (Wildman–Crippen MR) is 47.5 cm³/mol. The first kappa shape index (κ1) is 9.64. The third-order valence-corrected chi connectivity index (χ3v) is 1.97. The van der Waals surface area contributed by atoms with Crippen LogP contribution in [0.25, 0.3) is 0 Å². The van der Waals surface area contributed by atoms with Gasteiger partial charge in [-0.3, -0.25) is 4.79 Å². The van der Waals surface area contributed by atoms with E-state index >= 15 is 0 Å². The van der Waals surface area contributed by atoms with E-state index in [1.165, 1.54) is 6.33 Å². The van der Waals surface area contributed by atoms with E-state index in [1.54, 1.807) is 0 Å². The van der Waals surface area contributed by atoms with E-state index in [0.717, 1.165) is 17.0 Å². The van der Waals surface area contributed by atoms with Crippen LogP contribution in [0.1, 0.15) is 23.4 Å². The fourth-order valence-corrected chi connectivity index (χ4v) is 1.21. The van der Waals surface area contributed by atoms with Crippen molar-refractivity contribution in [3.05, 3.63) is 23.3 Å². The minimum Gasteiger partial charge on any atom is -0.481 e. The Morgan fingerprint density at radius 2 is 1.92 bits per heavy atom. The molecule has 0 bridgehead atoms. The zero-order valence-corrected chi connectivity index (χ0v) is 7.74. The van der Waals surface area contributed by atoms with E-state index < -0.39 is 5.97 Å². The van der Waals surface area contributed by atoms with Gasteiger partial charge < -0.3 is 5.11 Å². The van der Waals surface area contributed by atoms with Crippen molar-refractivity contribution in [2.45, 2.75) is 26.7 Å². The van der Waals surface area contributed by atoms with E-state index in [0.29, 0.717) is 6.42 Å². The van der Waals surface area contributed by atoms with Gasteiger partial charge in [-0.2, -0.15) is 0 Å². The summed E-state index contributed by atoms with van der Waals surface area (Å²) in [5.74, 6) is -0.789. The summed E-state index contributed by atoms with van der Waals surface area (Å²) in [5.41, 5.74) is 2.69. The molecule has 0 saturated heterocycles. The van der Waals surface area contributed by atoms with Gasteiger partial charge in [0.1, 0.15) is 6.33 Å². The average molecular weight is 180 g/mol. The fourth-order valence-electron chi connectivity index (χ4n) is 1.21. The van der Waals surface area contributed by atoms with Gasteiger partial charge in [-0.1, -0.05) is 0 Å². The molecular weight excluding hydrogens is 168 g/mol. The van der Waals surface area contributed by atoms with E-state index in [1.807, 2.05) is 13.8 Å². The molecule has 13 heavy (non-hydrogen) atoms. The zero-order chi connectivity index (χ0) is 9.84. The van der Waals surface area contributed by atoms with Gasteiger partial charge in [0.2, 0.25) is 0 Å². The highest BCUT2D eigenvalue weighted by atomic mass is 16.4. The molecule has 0 atom stereocenters. The largest absolute Gasteiger partial charge is 0.481 e. The van der Waals surface area contributed by atoms with Crippen LogP contribution >= 0.6 is 0 Å². The highest BCUT2D eigenvalue weighted by Crippen LogP contribution is 2.10. The van der Waals surface area contributed by atoms with Crippen LogP contribution in [0.3, 0.4) is 0 Å². The number of aryl methyl sites for hydroxylation is 2. The van der Waals surface area contributed by atoms with Gasteiger partial charge in [0.25, 0.3) is 0 Å². The van der Waals surface area contributed by atoms with Gasteiger partial charge in [0.05, 0.1) is 0 Å². The van der Waals surface area contributed by atoms with Crippen LogP contribution < -0.4 is 0 Å². The lowest BCUT2D eigenvalue weighted by molar-refractivity contribution is -0.136. The quantitative estimate of drug-likeness (QED) is 0.756. The molecule has 0 aliphatic carbocycles. The average Bonchev–Trinajstić information content (AvgIpc) is 2.03. The summed E-state index contributed by atoms with van der Waals surface area (Å²) in [7, 11) is 0. The van der Waals surface area contributed by atoms with Crippen molar-refractivity contribution in [2.24, 2.45) is 0 Å². The smallest absolute Gasteiger partial charge is 0.303 e. The third-order valence-electron chi connectivity index (χ3n) is 1.97. The molecule has 0 radical (unpaired) electrons. The number of carboxylic acids is 1. The Morgan fingerprint density at radius 1 is 1.38 bits per heavy atom. The Kier molecular flexibility index (Phi) is 2.95. The summed E-state index contributed by atoms with van der Waals surface area (Å²) in [6, 6.07) is 0. The molecule has 1 heterocycles. The second-order valence-corrected chi connectivity index (χ2v) is 2.92. The monoisotopic (exact) mass is 180 g/mol. The molecule has 0 aliphatic rings. The van der Waals surface area contributed by atoms with Crippen molar-refractivity contribution in [2.75, 3.05) is 0 Å². The summed E-state index contributed by atoms with van der Waals surface area (Å²) in [6.45, 7) is 3.73. The minimum absolute atomic E-state index is 0.134. The molecular formula is C9H12N2O2. The topological polar surface area (TPSA) is 63.1 Å². The van der Waals surface area contributed by atoms with E-state index in [2.05, 4.69) is 9.97 Å². The number of hydrogen-bond donors (Lipinski definition) is 1. The molecule has 0 fully saturated rings. The van der Waals surface area contributed by atoms with Gasteiger partial charge in [0.15, 0.2) is 0 Å². The normalized spacial score (nSPS) is 10.0. The maximum atomic E-state index is 10.4.